The maximum Gasteiger partial charge on any atom is 0.328 e. The molecule has 0 aliphatic rings. The summed E-state index contributed by atoms with van der Waals surface area (Å²) >= 11 is 17.6. The molecule has 0 atom stereocenters. The van der Waals surface area contributed by atoms with Crippen LogP contribution in [0.1, 0.15) is 0 Å². The third kappa shape index (κ3) is 3.21. The van der Waals surface area contributed by atoms with Gasteiger partial charge in [-0.1, -0.05) is 23.2 Å². The SMILES string of the molecule is Clc1nc(Oc2ccc(Cl)c(Cl)c2)nc(-n2cncn2)n1. The molecule has 3 aromatic rings. The maximum absolute atomic E-state index is 5.91. The van der Waals surface area contributed by atoms with Crippen LogP contribution in [0, 0.1) is 0 Å². The summed E-state index contributed by atoms with van der Waals surface area (Å²) in [4.78, 5) is 15.7. The van der Waals surface area contributed by atoms with Crippen molar-refractivity contribution in [3.63, 3.8) is 0 Å². The number of hydrogen-bond donors (Lipinski definition) is 0. The van der Waals surface area contributed by atoms with Crippen molar-refractivity contribution in [1.82, 2.24) is 29.7 Å². The first-order chi connectivity index (χ1) is 10.1. The fourth-order valence-corrected chi connectivity index (χ4v) is 1.86. The van der Waals surface area contributed by atoms with Crippen LogP contribution in [-0.4, -0.2) is 29.7 Å². The van der Waals surface area contributed by atoms with Crippen LogP contribution in [0.5, 0.6) is 11.8 Å². The summed E-state index contributed by atoms with van der Waals surface area (Å²) in [6, 6.07) is 4.76. The van der Waals surface area contributed by atoms with E-state index in [0.717, 1.165) is 0 Å². The number of nitrogens with zero attached hydrogens (tertiary/aromatic N) is 6. The van der Waals surface area contributed by atoms with Gasteiger partial charge in [-0.05, 0) is 23.7 Å². The van der Waals surface area contributed by atoms with Crippen LogP contribution in [0.4, 0.5) is 0 Å². The second kappa shape index (κ2) is 5.80. The standard InChI is InChI=1S/C11H5Cl3N6O/c12-7-2-1-6(3-8(7)13)21-11-18-9(14)17-10(19-11)20-5-15-4-16-20/h1-5H. The second-order valence-electron chi connectivity index (χ2n) is 3.71. The summed E-state index contributed by atoms with van der Waals surface area (Å²) in [5.41, 5.74) is 0. The van der Waals surface area contributed by atoms with Crippen molar-refractivity contribution in [2.24, 2.45) is 0 Å². The van der Waals surface area contributed by atoms with Gasteiger partial charge in [-0.3, -0.25) is 0 Å². The van der Waals surface area contributed by atoms with Crippen LogP contribution < -0.4 is 4.74 Å². The van der Waals surface area contributed by atoms with Crippen molar-refractivity contribution in [2.75, 3.05) is 0 Å². The number of rotatable bonds is 3. The van der Waals surface area contributed by atoms with E-state index < -0.39 is 0 Å². The van der Waals surface area contributed by atoms with E-state index in [1.807, 2.05) is 0 Å². The summed E-state index contributed by atoms with van der Waals surface area (Å²) in [5, 5.41) is 4.64. The molecule has 0 amide bonds. The average molecular weight is 344 g/mol. The fraction of sp³-hybridized carbons (Fsp3) is 0. The van der Waals surface area contributed by atoms with Gasteiger partial charge in [0.1, 0.15) is 18.4 Å². The van der Waals surface area contributed by atoms with Crippen molar-refractivity contribution in [1.29, 1.82) is 0 Å². The molecule has 7 nitrogen and oxygen atoms in total. The number of aromatic nitrogens is 6. The molecule has 0 aliphatic heterocycles. The molecule has 0 bridgehead atoms. The zero-order valence-corrected chi connectivity index (χ0v) is 12.4. The first-order valence-electron chi connectivity index (χ1n) is 5.51. The van der Waals surface area contributed by atoms with E-state index in [1.165, 1.54) is 23.4 Å². The summed E-state index contributed by atoms with van der Waals surface area (Å²) in [5.74, 6) is 0.596. The first kappa shape index (κ1) is 14.0. The summed E-state index contributed by atoms with van der Waals surface area (Å²) in [6.07, 6.45) is 2.77. The number of hydrogen-bond acceptors (Lipinski definition) is 6. The lowest BCUT2D eigenvalue weighted by Gasteiger charge is -2.06. The largest absolute Gasteiger partial charge is 0.424 e. The number of ether oxygens (including phenoxy) is 1. The van der Waals surface area contributed by atoms with Gasteiger partial charge < -0.3 is 4.74 Å². The van der Waals surface area contributed by atoms with Gasteiger partial charge in [0.25, 0.3) is 5.95 Å². The summed E-state index contributed by atoms with van der Waals surface area (Å²) in [7, 11) is 0. The van der Waals surface area contributed by atoms with Crippen LogP contribution in [0.15, 0.2) is 30.9 Å². The monoisotopic (exact) mass is 342 g/mol. The second-order valence-corrected chi connectivity index (χ2v) is 4.86. The molecule has 0 unspecified atom stereocenters. The van der Waals surface area contributed by atoms with Crippen molar-refractivity contribution >= 4 is 34.8 Å². The Balaban J connectivity index is 1.93. The normalized spacial score (nSPS) is 10.6. The third-order valence-corrected chi connectivity index (χ3v) is 3.21. The predicted molar refractivity (Wildman–Crippen MR) is 76.3 cm³/mol. The van der Waals surface area contributed by atoms with Crippen molar-refractivity contribution in [3.8, 4) is 17.7 Å². The Morgan fingerprint density at radius 1 is 1.00 bits per heavy atom. The Labute approximate surface area is 133 Å². The van der Waals surface area contributed by atoms with Crippen molar-refractivity contribution in [2.45, 2.75) is 0 Å². The Morgan fingerprint density at radius 3 is 2.57 bits per heavy atom. The van der Waals surface area contributed by atoms with Gasteiger partial charge >= 0.3 is 6.01 Å². The highest BCUT2D eigenvalue weighted by Gasteiger charge is 2.10. The molecule has 2 heterocycles. The van der Waals surface area contributed by atoms with E-state index in [2.05, 4.69) is 25.0 Å². The lowest BCUT2D eigenvalue weighted by atomic mass is 10.3. The van der Waals surface area contributed by atoms with E-state index >= 15 is 0 Å². The molecule has 0 saturated heterocycles. The fourth-order valence-electron chi connectivity index (χ4n) is 1.43. The number of benzene rings is 1. The van der Waals surface area contributed by atoms with E-state index in [4.69, 9.17) is 39.5 Å². The number of halogens is 3. The molecule has 10 heteroatoms. The van der Waals surface area contributed by atoms with Crippen LogP contribution >= 0.6 is 34.8 Å². The quantitative estimate of drug-likeness (QED) is 0.726. The van der Waals surface area contributed by atoms with Gasteiger partial charge in [-0.2, -0.15) is 24.7 Å². The molecule has 0 saturated carbocycles. The molecule has 1 aromatic carbocycles. The van der Waals surface area contributed by atoms with Gasteiger partial charge in [-0.15, -0.1) is 0 Å². The molecule has 0 fully saturated rings. The first-order valence-corrected chi connectivity index (χ1v) is 6.65. The van der Waals surface area contributed by atoms with Gasteiger partial charge in [0, 0.05) is 6.07 Å². The van der Waals surface area contributed by atoms with Gasteiger partial charge in [0.2, 0.25) is 5.28 Å². The molecule has 2 aromatic heterocycles. The molecule has 0 radical (unpaired) electrons. The lowest BCUT2D eigenvalue weighted by Crippen LogP contribution is -2.05. The lowest BCUT2D eigenvalue weighted by molar-refractivity contribution is 0.437. The van der Waals surface area contributed by atoms with Gasteiger partial charge in [0.05, 0.1) is 10.0 Å². The average Bonchev–Trinajstić information content (AvgIpc) is 2.96. The van der Waals surface area contributed by atoms with Crippen molar-refractivity contribution < 1.29 is 4.74 Å². The topological polar surface area (TPSA) is 78.6 Å². The minimum atomic E-state index is -0.0365. The molecule has 106 valence electrons. The Kier molecular flexibility index (Phi) is 3.87. The molecule has 3 rings (SSSR count). The van der Waals surface area contributed by atoms with Gasteiger partial charge in [0.15, 0.2) is 0 Å². The Hall–Kier alpha value is -1.96. The molecule has 21 heavy (non-hydrogen) atoms. The molecule has 0 spiro atoms. The zero-order chi connectivity index (χ0) is 14.8. The van der Waals surface area contributed by atoms with Crippen LogP contribution in [0.25, 0.3) is 5.95 Å². The Bertz CT molecular complexity index is 780. The van der Waals surface area contributed by atoms with E-state index in [9.17, 15) is 0 Å². The molecular weight excluding hydrogens is 339 g/mol. The van der Waals surface area contributed by atoms with E-state index in [-0.39, 0.29) is 17.2 Å². The van der Waals surface area contributed by atoms with E-state index in [1.54, 1.807) is 12.1 Å². The zero-order valence-electron chi connectivity index (χ0n) is 10.1. The highest BCUT2D eigenvalue weighted by Crippen LogP contribution is 2.28. The predicted octanol–water partition coefficient (Wildman–Crippen LogP) is 3.20. The van der Waals surface area contributed by atoms with Crippen molar-refractivity contribution in [3.05, 3.63) is 46.2 Å². The smallest absolute Gasteiger partial charge is 0.328 e. The summed E-state index contributed by atoms with van der Waals surface area (Å²) < 4.78 is 6.81. The van der Waals surface area contributed by atoms with Crippen LogP contribution in [0.3, 0.4) is 0 Å². The van der Waals surface area contributed by atoms with Crippen LogP contribution in [-0.2, 0) is 0 Å². The highest BCUT2D eigenvalue weighted by molar-refractivity contribution is 6.42. The highest BCUT2D eigenvalue weighted by atomic mass is 35.5. The third-order valence-electron chi connectivity index (χ3n) is 2.30. The Morgan fingerprint density at radius 2 is 1.86 bits per heavy atom. The molecule has 0 aliphatic carbocycles. The summed E-state index contributed by atoms with van der Waals surface area (Å²) in [6.45, 7) is 0. The molecular formula is C11H5Cl3N6O. The molecule has 0 N–H and O–H groups in total. The van der Waals surface area contributed by atoms with Gasteiger partial charge in [-0.25, -0.2) is 4.98 Å². The maximum atomic E-state index is 5.91. The minimum absolute atomic E-state index is 0.00103. The minimum Gasteiger partial charge on any atom is -0.424 e. The van der Waals surface area contributed by atoms with E-state index in [0.29, 0.717) is 15.8 Å². The van der Waals surface area contributed by atoms with Crippen LogP contribution in [0.2, 0.25) is 15.3 Å².